The van der Waals surface area contributed by atoms with E-state index in [4.69, 9.17) is 16.3 Å². The molecule has 1 fully saturated rings. The maximum absolute atomic E-state index is 13.8. The molecular formula is C27H27BrClN3O4S. The third-order valence-electron chi connectivity index (χ3n) is 6.85. The first-order chi connectivity index (χ1) is 17.8. The molecule has 0 aromatic heterocycles. The van der Waals surface area contributed by atoms with Crippen LogP contribution in [0.4, 0.5) is 11.4 Å². The predicted octanol–water partition coefficient (Wildman–Crippen LogP) is 5.22. The molecule has 7 nitrogen and oxygen atoms in total. The Hall–Kier alpha value is -2.59. The number of halogens is 2. The van der Waals surface area contributed by atoms with Crippen LogP contribution >= 0.6 is 27.5 Å². The van der Waals surface area contributed by atoms with Crippen LogP contribution in [-0.2, 0) is 16.4 Å². The zero-order chi connectivity index (χ0) is 26.2. The number of amides is 1. The molecule has 2 aliphatic rings. The number of sulfonamides is 1. The first-order valence-corrected chi connectivity index (χ1v) is 14.7. The van der Waals surface area contributed by atoms with E-state index in [-0.39, 0.29) is 21.4 Å². The van der Waals surface area contributed by atoms with Gasteiger partial charge in [0.15, 0.2) is 0 Å². The number of rotatable bonds is 5. The van der Waals surface area contributed by atoms with Crippen molar-refractivity contribution in [2.24, 2.45) is 0 Å². The zero-order valence-corrected chi connectivity index (χ0v) is 23.5. The van der Waals surface area contributed by atoms with Gasteiger partial charge in [-0.25, -0.2) is 8.42 Å². The van der Waals surface area contributed by atoms with Crippen molar-refractivity contribution in [3.63, 3.8) is 0 Å². The van der Waals surface area contributed by atoms with E-state index >= 15 is 0 Å². The highest BCUT2D eigenvalue weighted by Crippen LogP contribution is 2.40. The lowest BCUT2D eigenvalue weighted by atomic mass is 10.00. The smallest absolute Gasteiger partial charge is 0.259 e. The maximum Gasteiger partial charge on any atom is 0.259 e. The Morgan fingerprint density at radius 3 is 2.41 bits per heavy atom. The Labute approximate surface area is 230 Å². The normalized spacial score (nSPS) is 16.4. The van der Waals surface area contributed by atoms with Gasteiger partial charge in [0.25, 0.3) is 5.91 Å². The fourth-order valence-electron chi connectivity index (χ4n) is 4.97. The highest BCUT2D eigenvalue weighted by molar-refractivity contribution is 9.10. The second-order valence-corrected chi connectivity index (χ2v) is 12.3. The third kappa shape index (κ3) is 5.10. The monoisotopic (exact) mass is 603 g/mol. The first kappa shape index (κ1) is 26.0. The molecule has 0 atom stereocenters. The molecule has 3 aromatic carbocycles. The Kier molecular flexibility index (Phi) is 7.49. The van der Waals surface area contributed by atoms with Gasteiger partial charge in [-0.15, -0.1) is 0 Å². The molecule has 0 saturated carbocycles. The lowest BCUT2D eigenvalue weighted by Crippen LogP contribution is -2.48. The topological polar surface area (TPSA) is 70.2 Å². The second kappa shape index (κ2) is 10.6. The molecule has 0 radical (unpaired) electrons. The molecule has 1 saturated heterocycles. The Balaban J connectivity index is 1.41. The number of carbonyl (C=O) groups is 1. The molecule has 0 N–H and O–H groups in total. The molecule has 0 aliphatic carbocycles. The van der Waals surface area contributed by atoms with Crippen molar-refractivity contribution in [2.45, 2.75) is 17.7 Å². The van der Waals surface area contributed by atoms with Crippen molar-refractivity contribution in [1.29, 1.82) is 0 Å². The summed E-state index contributed by atoms with van der Waals surface area (Å²) in [5.74, 6) is 0.228. The summed E-state index contributed by atoms with van der Waals surface area (Å²) < 4.78 is 35.0. The lowest BCUT2D eigenvalue weighted by Gasteiger charge is -2.35. The fraction of sp³-hybridized carbons (Fsp3) is 0.296. The zero-order valence-electron chi connectivity index (χ0n) is 20.4. The number of benzene rings is 3. The number of ether oxygens (including phenoxy) is 1. The second-order valence-electron chi connectivity index (χ2n) is 9.04. The highest BCUT2D eigenvalue weighted by Gasteiger charge is 2.32. The summed E-state index contributed by atoms with van der Waals surface area (Å²) in [5.41, 5.74) is 2.91. The number of nitrogens with zero attached hydrogens (tertiary/aromatic N) is 3. The number of aryl methyl sites for hydroxylation is 1. The van der Waals surface area contributed by atoms with E-state index in [0.29, 0.717) is 44.2 Å². The number of fused-ring (bicyclic) bond motifs is 1. The molecular weight excluding hydrogens is 578 g/mol. The summed E-state index contributed by atoms with van der Waals surface area (Å²) in [6.45, 7) is 2.37. The van der Waals surface area contributed by atoms with Gasteiger partial charge >= 0.3 is 0 Å². The lowest BCUT2D eigenvalue weighted by molar-refractivity contribution is 0.0984. The third-order valence-corrected chi connectivity index (χ3v) is 9.53. The highest BCUT2D eigenvalue weighted by atomic mass is 79.9. The summed E-state index contributed by atoms with van der Waals surface area (Å²) in [7, 11) is -2.24. The van der Waals surface area contributed by atoms with Crippen LogP contribution in [0.2, 0.25) is 5.02 Å². The molecule has 0 spiro atoms. The number of methoxy groups -OCH3 is 1. The van der Waals surface area contributed by atoms with Gasteiger partial charge in [-0.1, -0.05) is 45.7 Å². The summed E-state index contributed by atoms with van der Waals surface area (Å²) >= 11 is 9.96. The predicted molar refractivity (Wildman–Crippen MR) is 150 cm³/mol. The van der Waals surface area contributed by atoms with Crippen LogP contribution in [0.15, 0.2) is 70.0 Å². The van der Waals surface area contributed by atoms with Gasteiger partial charge in [-0.3, -0.25) is 4.79 Å². The molecule has 1 amide bonds. The maximum atomic E-state index is 13.8. The van der Waals surface area contributed by atoms with Crippen LogP contribution in [0.1, 0.15) is 22.3 Å². The summed E-state index contributed by atoms with van der Waals surface area (Å²) in [5, 5.41) is 0.209. The van der Waals surface area contributed by atoms with E-state index in [9.17, 15) is 13.2 Å². The quantitative estimate of drug-likeness (QED) is 0.400. The molecule has 3 aromatic rings. The molecule has 0 bridgehead atoms. The number of hydrogen-bond acceptors (Lipinski definition) is 5. The minimum absolute atomic E-state index is 0.0633. The van der Waals surface area contributed by atoms with E-state index < -0.39 is 10.0 Å². The van der Waals surface area contributed by atoms with E-state index in [2.05, 4.69) is 20.8 Å². The van der Waals surface area contributed by atoms with Crippen molar-refractivity contribution < 1.29 is 17.9 Å². The number of carbonyl (C=O) groups excluding carboxylic acids is 1. The Morgan fingerprint density at radius 2 is 1.70 bits per heavy atom. The number of para-hydroxylation sites is 1. The van der Waals surface area contributed by atoms with Gasteiger partial charge < -0.3 is 14.5 Å². The van der Waals surface area contributed by atoms with Crippen molar-refractivity contribution >= 4 is 54.8 Å². The average molecular weight is 605 g/mol. The summed E-state index contributed by atoms with van der Waals surface area (Å²) in [6, 6.07) is 18.1. The van der Waals surface area contributed by atoms with Gasteiger partial charge in [-0.2, -0.15) is 4.31 Å². The van der Waals surface area contributed by atoms with Crippen LogP contribution in [-0.4, -0.2) is 58.5 Å². The van der Waals surface area contributed by atoms with Gasteiger partial charge in [0, 0.05) is 42.9 Å². The first-order valence-electron chi connectivity index (χ1n) is 12.1. The number of piperazine rings is 1. The minimum atomic E-state index is -3.80. The van der Waals surface area contributed by atoms with Crippen LogP contribution in [0.25, 0.3) is 0 Å². The SMILES string of the molecule is COc1cc(Br)cc2c1N(C(=O)c1cc(S(=O)(=O)N3CCN(c4ccccc4)CC3)ccc1Cl)CCC2. The average Bonchev–Trinajstić information content (AvgIpc) is 2.92. The molecule has 2 aliphatic heterocycles. The molecule has 0 unspecified atom stereocenters. The Bertz CT molecular complexity index is 1410. The van der Waals surface area contributed by atoms with Gasteiger partial charge in [0.2, 0.25) is 10.0 Å². The van der Waals surface area contributed by atoms with E-state index in [1.165, 1.54) is 22.5 Å². The van der Waals surface area contributed by atoms with Gasteiger partial charge in [-0.05, 0) is 60.9 Å². The molecule has 5 rings (SSSR count). The van der Waals surface area contributed by atoms with Crippen LogP contribution < -0.4 is 14.5 Å². The number of anilines is 2. The standard InChI is InChI=1S/C27H27BrClN3O4S/c1-36-25-17-20(28)16-19-6-5-11-32(26(19)25)27(33)23-18-22(9-10-24(23)29)37(34,35)31-14-12-30(13-15-31)21-7-3-2-4-8-21/h2-4,7-10,16-18H,5-6,11-15H2,1H3. The van der Waals surface area contributed by atoms with Crippen LogP contribution in [0.3, 0.4) is 0 Å². The minimum Gasteiger partial charge on any atom is -0.495 e. The fourth-order valence-corrected chi connectivity index (χ4v) is 7.10. The molecule has 10 heteroatoms. The van der Waals surface area contributed by atoms with E-state index in [1.807, 2.05) is 42.5 Å². The number of hydrogen-bond donors (Lipinski definition) is 0. The van der Waals surface area contributed by atoms with Gasteiger partial charge in [0.1, 0.15) is 5.75 Å². The molecule has 194 valence electrons. The molecule has 2 heterocycles. The van der Waals surface area contributed by atoms with Crippen molar-refractivity contribution in [1.82, 2.24) is 4.31 Å². The van der Waals surface area contributed by atoms with Gasteiger partial charge in [0.05, 0.1) is 28.3 Å². The van der Waals surface area contributed by atoms with Crippen molar-refractivity contribution in [3.8, 4) is 5.75 Å². The van der Waals surface area contributed by atoms with E-state index in [0.717, 1.165) is 28.6 Å². The van der Waals surface area contributed by atoms with Crippen LogP contribution in [0.5, 0.6) is 5.75 Å². The Morgan fingerprint density at radius 1 is 0.973 bits per heavy atom. The summed E-state index contributed by atoms with van der Waals surface area (Å²) in [6.07, 6.45) is 1.59. The molecule has 37 heavy (non-hydrogen) atoms. The van der Waals surface area contributed by atoms with Crippen molar-refractivity contribution in [3.05, 3.63) is 81.3 Å². The summed E-state index contributed by atoms with van der Waals surface area (Å²) in [4.78, 5) is 17.6. The van der Waals surface area contributed by atoms with Crippen LogP contribution in [0, 0.1) is 0 Å². The van der Waals surface area contributed by atoms with E-state index in [1.54, 1.807) is 12.0 Å². The largest absolute Gasteiger partial charge is 0.495 e. The van der Waals surface area contributed by atoms with Crippen molar-refractivity contribution in [2.75, 3.05) is 49.6 Å².